The van der Waals surface area contributed by atoms with E-state index in [1.165, 1.54) is 5.56 Å². The number of hydrogen-bond acceptors (Lipinski definition) is 3. The molecule has 3 nitrogen and oxygen atoms in total. The van der Waals surface area contributed by atoms with Gasteiger partial charge in [0, 0.05) is 13.2 Å². The van der Waals surface area contributed by atoms with Gasteiger partial charge in [-0.05, 0) is 31.2 Å². The van der Waals surface area contributed by atoms with Crippen molar-refractivity contribution in [1.29, 1.82) is 0 Å². The van der Waals surface area contributed by atoms with Crippen LogP contribution in [0.3, 0.4) is 0 Å². The van der Waals surface area contributed by atoms with Crippen molar-refractivity contribution in [1.82, 2.24) is 5.32 Å². The quantitative estimate of drug-likeness (QED) is 0.769. The summed E-state index contributed by atoms with van der Waals surface area (Å²) in [5, 5.41) is 3.22. The molecule has 0 spiro atoms. The molecule has 0 fully saturated rings. The summed E-state index contributed by atoms with van der Waals surface area (Å²) in [5.74, 6) is 0.895. The van der Waals surface area contributed by atoms with Gasteiger partial charge in [0.25, 0.3) is 0 Å². The first-order chi connectivity index (χ1) is 7.30. The maximum absolute atomic E-state index is 5.12. The van der Waals surface area contributed by atoms with Gasteiger partial charge in [-0.3, -0.25) is 0 Å². The van der Waals surface area contributed by atoms with Crippen LogP contribution < -0.4 is 10.1 Å². The molecular formula is C12H19NO2. The number of nitrogens with one attached hydrogen (secondary N) is 1. The average molecular weight is 209 g/mol. The second-order valence-electron chi connectivity index (χ2n) is 3.49. The predicted molar refractivity (Wildman–Crippen MR) is 61.4 cm³/mol. The molecule has 1 aromatic rings. The topological polar surface area (TPSA) is 30.5 Å². The summed E-state index contributed by atoms with van der Waals surface area (Å²) in [6, 6.07) is 8.49. The molecule has 0 aliphatic rings. The molecule has 1 rings (SSSR count). The molecule has 15 heavy (non-hydrogen) atoms. The van der Waals surface area contributed by atoms with Crippen LogP contribution in [-0.2, 0) is 11.2 Å². The van der Waals surface area contributed by atoms with Gasteiger partial charge in [-0.15, -0.1) is 0 Å². The smallest absolute Gasteiger partial charge is 0.118 e. The summed E-state index contributed by atoms with van der Waals surface area (Å²) in [6.45, 7) is 0.725. The Morgan fingerprint density at radius 1 is 1.20 bits per heavy atom. The highest BCUT2D eigenvalue weighted by Gasteiger charge is 2.06. The van der Waals surface area contributed by atoms with Crippen LogP contribution in [0.25, 0.3) is 0 Å². The Morgan fingerprint density at radius 3 is 2.33 bits per heavy atom. The van der Waals surface area contributed by atoms with Crippen LogP contribution in [0.4, 0.5) is 0 Å². The normalized spacial score (nSPS) is 12.5. The van der Waals surface area contributed by atoms with Gasteiger partial charge in [0.2, 0.25) is 0 Å². The first-order valence-corrected chi connectivity index (χ1v) is 5.09. The van der Waals surface area contributed by atoms with Crippen molar-refractivity contribution in [2.75, 3.05) is 27.9 Å². The molecule has 0 aromatic heterocycles. The van der Waals surface area contributed by atoms with E-state index < -0.39 is 0 Å². The monoisotopic (exact) mass is 209 g/mol. The Labute approximate surface area is 91.4 Å². The molecule has 84 valence electrons. The third-order valence-electron chi connectivity index (χ3n) is 2.42. The largest absolute Gasteiger partial charge is 0.497 e. The highest BCUT2D eigenvalue weighted by atomic mass is 16.5. The zero-order valence-electron chi connectivity index (χ0n) is 9.62. The van der Waals surface area contributed by atoms with Gasteiger partial charge in [-0.2, -0.15) is 0 Å². The minimum atomic E-state index is 0.364. The molecule has 0 heterocycles. The lowest BCUT2D eigenvalue weighted by molar-refractivity contribution is 0.169. The van der Waals surface area contributed by atoms with E-state index in [0.717, 1.165) is 18.8 Å². The Kier molecular flexibility index (Phi) is 5.15. The Bertz CT molecular complexity index is 271. The molecule has 1 N–H and O–H groups in total. The van der Waals surface area contributed by atoms with Crippen molar-refractivity contribution in [2.45, 2.75) is 12.5 Å². The number of rotatable bonds is 6. The third-order valence-corrected chi connectivity index (χ3v) is 2.42. The van der Waals surface area contributed by atoms with Gasteiger partial charge in [-0.25, -0.2) is 0 Å². The van der Waals surface area contributed by atoms with Crippen LogP contribution in [0.1, 0.15) is 5.56 Å². The molecule has 1 atom stereocenters. The van der Waals surface area contributed by atoms with Crippen molar-refractivity contribution in [3.63, 3.8) is 0 Å². The van der Waals surface area contributed by atoms with Gasteiger partial charge in [0.15, 0.2) is 0 Å². The lowest BCUT2D eigenvalue weighted by Crippen LogP contribution is -2.32. The molecule has 3 heteroatoms. The highest BCUT2D eigenvalue weighted by molar-refractivity contribution is 5.27. The Hall–Kier alpha value is -1.06. The fourth-order valence-electron chi connectivity index (χ4n) is 1.49. The van der Waals surface area contributed by atoms with E-state index >= 15 is 0 Å². The van der Waals surface area contributed by atoms with E-state index in [1.807, 2.05) is 19.2 Å². The Morgan fingerprint density at radius 2 is 1.87 bits per heavy atom. The van der Waals surface area contributed by atoms with Gasteiger partial charge < -0.3 is 14.8 Å². The summed E-state index contributed by atoms with van der Waals surface area (Å²) in [7, 11) is 5.35. The van der Waals surface area contributed by atoms with Gasteiger partial charge in [0.05, 0.1) is 13.7 Å². The number of likely N-dealkylation sites (N-methyl/N-ethyl adjacent to an activating group) is 1. The molecule has 1 aromatic carbocycles. The van der Waals surface area contributed by atoms with E-state index in [9.17, 15) is 0 Å². The average Bonchev–Trinajstić information content (AvgIpc) is 2.29. The Balaban J connectivity index is 2.55. The zero-order valence-corrected chi connectivity index (χ0v) is 9.62. The summed E-state index contributed by atoms with van der Waals surface area (Å²) < 4.78 is 10.2. The summed E-state index contributed by atoms with van der Waals surface area (Å²) in [4.78, 5) is 0. The van der Waals surface area contributed by atoms with Crippen LogP contribution in [0.5, 0.6) is 5.75 Å². The van der Waals surface area contributed by atoms with E-state index in [0.29, 0.717) is 6.04 Å². The minimum Gasteiger partial charge on any atom is -0.497 e. The van der Waals surface area contributed by atoms with Crippen molar-refractivity contribution in [3.8, 4) is 5.75 Å². The second-order valence-corrected chi connectivity index (χ2v) is 3.49. The van der Waals surface area contributed by atoms with E-state index in [4.69, 9.17) is 9.47 Å². The maximum atomic E-state index is 5.12. The van der Waals surface area contributed by atoms with Crippen LogP contribution in [0.2, 0.25) is 0 Å². The van der Waals surface area contributed by atoms with Crippen LogP contribution in [0.15, 0.2) is 24.3 Å². The van der Waals surface area contributed by atoms with Crippen molar-refractivity contribution in [2.24, 2.45) is 0 Å². The molecule has 0 aliphatic carbocycles. The lowest BCUT2D eigenvalue weighted by Gasteiger charge is -2.15. The van der Waals surface area contributed by atoms with Crippen LogP contribution in [-0.4, -0.2) is 33.9 Å². The van der Waals surface area contributed by atoms with Crippen molar-refractivity contribution < 1.29 is 9.47 Å². The predicted octanol–water partition coefficient (Wildman–Crippen LogP) is 1.47. The summed E-state index contributed by atoms with van der Waals surface area (Å²) in [6.07, 6.45) is 0.967. The van der Waals surface area contributed by atoms with Crippen LogP contribution in [0, 0.1) is 0 Å². The fourth-order valence-corrected chi connectivity index (χ4v) is 1.49. The molecule has 0 aliphatic heterocycles. The van der Waals surface area contributed by atoms with E-state index in [1.54, 1.807) is 14.2 Å². The number of hydrogen-bond donors (Lipinski definition) is 1. The first kappa shape index (κ1) is 12.0. The SMILES string of the molecule is CNC(COC)Cc1ccc(OC)cc1. The molecule has 0 bridgehead atoms. The van der Waals surface area contributed by atoms with Crippen LogP contribution >= 0.6 is 0 Å². The molecule has 0 saturated heterocycles. The molecule has 1 unspecified atom stereocenters. The molecular weight excluding hydrogens is 190 g/mol. The number of benzene rings is 1. The van der Waals surface area contributed by atoms with Crippen molar-refractivity contribution >= 4 is 0 Å². The summed E-state index contributed by atoms with van der Waals surface area (Å²) >= 11 is 0. The third kappa shape index (κ3) is 3.90. The van der Waals surface area contributed by atoms with E-state index in [2.05, 4.69) is 17.4 Å². The number of ether oxygens (including phenoxy) is 2. The lowest BCUT2D eigenvalue weighted by atomic mass is 10.1. The maximum Gasteiger partial charge on any atom is 0.118 e. The summed E-state index contributed by atoms with van der Waals surface area (Å²) in [5.41, 5.74) is 1.28. The molecule has 0 amide bonds. The van der Waals surface area contributed by atoms with Gasteiger partial charge in [0.1, 0.15) is 5.75 Å². The van der Waals surface area contributed by atoms with Crippen molar-refractivity contribution in [3.05, 3.63) is 29.8 Å². The number of methoxy groups -OCH3 is 2. The van der Waals surface area contributed by atoms with E-state index in [-0.39, 0.29) is 0 Å². The highest BCUT2D eigenvalue weighted by Crippen LogP contribution is 2.12. The standard InChI is InChI=1S/C12H19NO2/c1-13-11(9-14-2)8-10-4-6-12(15-3)7-5-10/h4-7,11,13H,8-9H2,1-3H3. The second kappa shape index (κ2) is 6.43. The fraction of sp³-hybridized carbons (Fsp3) is 0.500. The molecule has 0 radical (unpaired) electrons. The first-order valence-electron chi connectivity index (χ1n) is 5.09. The van der Waals surface area contributed by atoms with Gasteiger partial charge in [-0.1, -0.05) is 12.1 Å². The molecule has 0 saturated carbocycles. The van der Waals surface area contributed by atoms with Gasteiger partial charge >= 0.3 is 0 Å². The zero-order chi connectivity index (χ0) is 11.1. The minimum absolute atomic E-state index is 0.364.